The molecule has 0 aromatic heterocycles. The normalized spacial score (nSPS) is 10.5. The number of benzene rings is 1. The van der Waals surface area contributed by atoms with Gasteiger partial charge in [0.05, 0.1) is 20.8 Å². The van der Waals surface area contributed by atoms with Gasteiger partial charge in [-0.15, -0.1) is 24.0 Å². The Morgan fingerprint density at radius 2 is 1.88 bits per heavy atom. The molecular formula is C17H28IN3O4. The third-order valence-electron chi connectivity index (χ3n) is 3.29. The average molecular weight is 465 g/mol. The van der Waals surface area contributed by atoms with Gasteiger partial charge in [0.15, 0.2) is 17.5 Å². The minimum Gasteiger partial charge on any atom is -0.493 e. The van der Waals surface area contributed by atoms with Crippen LogP contribution in [0.25, 0.3) is 0 Å². The molecule has 0 aliphatic carbocycles. The lowest BCUT2D eigenvalue weighted by atomic mass is 10.2. The molecule has 0 amide bonds. The second-order valence-electron chi connectivity index (χ2n) is 4.95. The van der Waals surface area contributed by atoms with Crippen LogP contribution < -0.4 is 20.1 Å². The molecule has 0 saturated heterocycles. The van der Waals surface area contributed by atoms with E-state index >= 15 is 0 Å². The molecule has 8 heteroatoms. The molecule has 0 radical (unpaired) electrons. The van der Waals surface area contributed by atoms with Crippen LogP contribution in [0.5, 0.6) is 11.5 Å². The zero-order valence-corrected chi connectivity index (χ0v) is 17.6. The molecular weight excluding hydrogens is 437 g/mol. The van der Waals surface area contributed by atoms with E-state index in [1.165, 1.54) is 0 Å². The van der Waals surface area contributed by atoms with E-state index in [9.17, 15) is 4.79 Å². The van der Waals surface area contributed by atoms with Crippen molar-refractivity contribution < 1.29 is 19.0 Å². The van der Waals surface area contributed by atoms with E-state index in [2.05, 4.69) is 15.6 Å². The summed E-state index contributed by atoms with van der Waals surface area (Å²) >= 11 is 0. The van der Waals surface area contributed by atoms with Crippen molar-refractivity contribution in [3.8, 4) is 11.5 Å². The monoisotopic (exact) mass is 465 g/mol. The average Bonchev–Trinajstić information content (AvgIpc) is 2.61. The number of nitrogens with one attached hydrogen (secondary N) is 2. The maximum absolute atomic E-state index is 11.3. The molecule has 1 aromatic rings. The fourth-order valence-electron chi connectivity index (χ4n) is 2.07. The summed E-state index contributed by atoms with van der Waals surface area (Å²) in [7, 11) is 4.92. The van der Waals surface area contributed by atoms with E-state index in [0.29, 0.717) is 50.0 Å². The van der Waals surface area contributed by atoms with E-state index in [0.717, 1.165) is 5.56 Å². The molecule has 0 unspecified atom stereocenters. The van der Waals surface area contributed by atoms with Crippen LogP contribution in [0.4, 0.5) is 0 Å². The number of halogens is 1. The molecule has 1 aromatic carbocycles. The van der Waals surface area contributed by atoms with Crippen molar-refractivity contribution >= 4 is 35.9 Å². The van der Waals surface area contributed by atoms with Crippen molar-refractivity contribution in [3.05, 3.63) is 23.8 Å². The summed E-state index contributed by atoms with van der Waals surface area (Å²) in [5.41, 5.74) is 1.04. The third kappa shape index (κ3) is 8.80. The summed E-state index contributed by atoms with van der Waals surface area (Å²) in [5, 5.41) is 6.38. The molecule has 0 heterocycles. The first kappa shape index (κ1) is 23.3. The van der Waals surface area contributed by atoms with Gasteiger partial charge in [0, 0.05) is 26.6 Å². The zero-order valence-electron chi connectivity index (χ0n) is 15.3. The summed E-state index contributed by atoms with van der Waals surface area (Å²) in [6, 6.07) is 5.74. The van der Waals surface area contributed by atoms with Crippen LogP contribution in [-0.2, 0) is 16.1 Å². The highest BCUT2D eigenvalue weighted by molar-refractivity contribution is 14.0. The maximum atomic E-state index is 11.3. The number of carbonyl (C=O) groups is 1. The molecule has 25 heavy (non-hydrogen) atoms. The highest BCUT2D eigenvalue weighted by atomic mass is 127. The Labute approximate surface area is 166 Å². The molecule has 0 atom stereocenters. The quantitative estimate of drug-likeness (QED) is 0.192. The maximum Gasteiger partial charge on any atom is 0.305 e. The number of guanidine groups is 1. The van der Waals surface area contributed by atoms with Crippen molar-refractivity contribution in [1.82, 2.24) is 10.6 Å². The van der Waals surface area contributed by atoms with E-state index < -0.39 is 0 Å². The Hall–Kier alpha value is -1.71. The first-order valence-electron chi connectivity index (χ1n) is 7.95. The highest BCUT2D eigenvalue weighted by Crippen LogP contribution is 2.27. The lowest BCUT2D eigenvalue weighted by Gasteiger charge is -2.13. The Balaban J connectivity index is 0.00000576. The van der Waals surface area contributed by atoms with Crippen molar-refractivity contribution in [2.45, 2.75) is 26.3 Å². The number of carbonyl (C=O) groups excluding carboxylic acids is 1. The Bertz CT molecular complexity index is 553. The van der Waals surface area contributed by atoms with Gasteiger partial charge in [-0.2, -0.15) is 0 Å². The number of aliphatic imine (C=N–C) groups is 1. The first-order valence-corrected chi connectivity index (χ1v) is 7.95. The fraction of sp³-hybridized carbons (Fsp3) is 0.529. The SMILES string of the molecule is CCOC(=O)CCCNC(=NC)NCc1ccc(OC)c(OC)c1.I. The number of nitrogens with zero attached hydrogens (tertiary/aromatic N) is 1. The number of hydrogen-bond acceptors (Lipinski definition) is 5. The van der Waals surface area contributed by atoms with Gasteiger partial charge < -0.3 is 24.8 Å². The molecule has 7 nitrogen and oxygen atoms in total. The largest absolute Gasteiger partial charge is 0.493 e. The second-order valence-corrected chi connectivity index (χ2v) is 4.95. The molecule has 0 saturated carbocycles. The minimum absolute atomic E-state index is 0. The smallest absolute Gasteiger partial charge is 0.305 e. The van der Waals surface area contributed by atoms with E-state index in [4.69, 9.17) is 14.2 Å². The highest BCUT2D eigenvalue weighted by Gasteiger charge is 2.06. The molecule has 1 rings (SSSR count). The van der Waals surface area contributed by atoms with Crippen LogP contribution in [0.2, 0.25) is 0 Å². The van der Waals surface area contributed by atoms with Crippen LogP contribution in [0, 0.1) is 0 Å². The van der Waals surface area contributed by atoms with Gasteiger partial charge in [0.1, 0.15) is 0 Å². The standard InChI is InChI=1S/C17H27N3O4.HI/c1-5-24-16(21)7-6-10-19-17(18-2)20-12-13-8-9-14(22-3)15(11-13)23-4;/h8-9,11H,5-7,10,12H2,1-4H3,(H2,18,19,20);1H. The van der Waals surface area contributed by atoms with Crippen LogP contribution in [0.3, 0.4) is 0 Å². The Kier molecular flexibility index (Phi) is 12.6. The zero-order chi connectivity index (χ0) is 17.8. The predicted molar refractivity (Wildman–Crippen MR) is 109 cm³/mol. The van der Waals surface area contributed by atoms with E-state index in [1.807, 2.05) is 18.2 Å². The van der Waals surface area contributed by atoms with Gasteiger partial charge in [-0.25, -0.2) is 0 Å². The van der Waals surface area contributed by atoms with Gasteiger partial charge in [-0.3, -0.25) is 9.79 Å². The topological polar surface area (TPSA) is 81.2 Å². The van der Waals surface area contributed by atoms with E-state index in [-0.39, 0.29) is 29.9 Å². The fourth-order valence-corrected chi connectivity index (χ4v) is 2.07. The summed E-state index contributed by atoms with van der Waals surface area (Å²) in [6.07, 6.45) is 1.09. The van der Waals surface area contributed by atoms with Crippen LogP contribution in [-0.4, -0.2) is 46.3 Å². The van der Waals surface area contributed by atoms with Gasteiger partial charge in [-0.1, -0.05) is 6.07 Å². The number of methoxy groups -OCH3 is 2. The van der Waals surface area contributed by atoms with Crippen LogP contribution >= 0.6 is 24.0 Å². The number of rotatable bonds is 9. The molecule has 0 aliphatic heterocycles. The summed E-state index contributed by atoms with van der Waals surface area (Å²) < 4.78 is 15.4. The number of esters is 1. The molecule has 0 bridgehead atoms. The minimum atomic E-state index is -0.174. The summed E-state index contributed by atoms with van der Waals surface area (Å²) in [6.45, 7) is 3.46. The van der Waals surface area contributed by atoms with Crippen LogP contribution in [0.15, 0.2) is 23.2 Å². The lowest BCUT2D eigenvalue weighted by Crippen LogP contribution is -2.37. The number of hydrogen-bond donors (Lipinski definition) is 2. The van der Waals surface area contributed by atoms with Crippen molar-refractivity contribution in [3.63, 3.8) is 0 Å². The second kappa shape index (κ2) is 13.6. The van der Waals surface area contributed by atoms with Crippen molar-refractivity contribution in [1.29, 1.82) is 0 Å². The van der Waals surface area contributed by atoms with Gasteiger partial charge in [0.2, 0.25) is 0 Å². The van der Waals surface area contributed by atoms with Gasteiger partial charge in [-0.05, 0) is 31.0 Å². The van der Waals surface area contributed by atoms with Crippen molar-refractivity contribution in [2.75, 3.05) is 34.4 Å². The number of ether oxygens (including phenoxy) is 3. The Morgan fingerprint density at radius 1 is 1.16 bits per heavy atom. The molecule has 142 valence electrons. The molecule has 2 N–H and O–H groups in total. The lowest BCUT2D eigenvalue weighted by molar-refractivity contribution is -0.143. The van der Waals surface area contributed by atoms with Gasteiger partial charge >= 0.3 is 5.97 Å². The summed E-state index contributed by atoms with van der Waals surface area (Å²) in [5.74, 6) is 1.89. The summed E-state index contributed by atoms with van der Waals surface area (Å²) in [4.78, 5) is 15.4. The van der Waals surface area contributed by atoms with E-state index in [1.54, 1.807) is 28.2 Å². The first-order chi connectivity index (χ1) is 11.6. The molecule has 0 spiro atoms. The predicted octanol–water partition coefficient (Wildman–Crippen LogP) is 2.33. The van der Waals surface area contributed by atoms with Gasteiger partial charge in [0.25, 0.3) is 0 Å². The Morgan fingerprint density at radius 3 is 2.48 bits per heavy atom. The van der Waals surface area contributed by atoms with Crippen molar-refractivity contribution in [2.24, 2.45) is 4.99 Å². The molecule has 0 fully saturated rings. The molecule has 0 aliphatic rings. The third-order valence-corrected chi connectivity index (χ3v) is 3.29. The van der Waals surface area contributed by atoms with Crippen LogP contribution in [0.1, 0.15) is 25.3 Å².